The van der Waals surface area contributed by atoms with Crippen molar-refractivity contribution >= 4 is 11.6 Å². The summed E-state index contributed by atoms with van der Waals surface area (Å²) in [5.41, 5.74) is 1.37. The first kappa shape index (κ1) is 15.8. The Morgan fingerprint density at radius 2 is 2.10 bits per heavy atom. The molecule has 1 saturated carbocycles. The first-order chi connectivity index (χ1) is 9.44. The molecule has 2 rings (SSSR count). The van der Waals surface area contributed by atoms with Gasteiger partial charge in [-0.2, -0.15) is 0 Å². The van der Waals surface area contributed by atoms with Gasteiger partial charge in [-0.1, -0.05) is 23.7 Å². The van der Waals surface area contributed by atoms with Crippen molar-refractivity contribution in [1.29, 1.82) is 0 Å². The van der Waals surface area contributed by atoms with Gasteiger partial charge in [0.25, 0.3) is 0 Å². The molecule has 0 heterocycles. The van der Waals surface area contributed by atoms with Gasteiger partial charge in [-0.05, 0) is 57.2 Å². The summed E-state index contributed by atoms with van der Waals surface area (Å²) in [6, 6.07) is 8.13. The molecule has 0 amide bonds. The predicted octanol–water partition coefficient (Wildman–Crippen LogP) is 4.24. The lowest BCUT2D eigenvalue weighted by atomic mass is 9.98. The van der Waals surface area contributed by atoms with Crippen molar-refractivity contribution in [2.45, 2.75) is 45.1 Å². The molecule has 0 aliphatic heterocycles. The molecule has 1 aromatic carbocycles. The lowest BCUT2D eigenvalue weighted by molar-refractivity contribution is 0.108. The van der Waals surface area contributed by atoms with Gasteiger partial charge in [0.15, 0.2) is 0 Å². The second-order valence-corrected chi connectivity index (χ2v) is 7.30. The zero-order valence-electron chi connectivity index (χ0n) is 12.8. The summed E-state index contributed by atoms with van der Waals surface area (Å²) in [6.07, 6.45) is 2.67. The van der Waals surface area contributed by atoms with Crippen LogP contribution in [0.4, 0.5) is 0 Å². The van der Waals surface area contributed by atoms with Crippen molar-refractivity contribution in [1.82, 2.24) is 5.32 Å². The van der Waals surface area contributed by atoms with Crippen LogP contribution in [0.25, 0.3) is 0 Å². The monoisotopic (exact) mass is 295 g/mol. The Morgan fingerprint density at radius 3 is 2.70 bits per heavy atom. The minimum absolute atomic E-state index is 0.118. The van der Waals surface area contributed by atoms with Crippen LogP contribution in [-0.4, -0.2) is 25.3 Å². The summed E-state index contributed by atoms with van der Waals surface area (Å²) < 4.78 is 5.90. The van der Waals surface area contributed by atoms with E-state index in [9.17, 15) is 0 Å². The Kier molecular flexibility index (Phi) is 5.48. The molecule has 0 bridgehead atoms. The second-order valence-electron chi connectivity index (χ2n) is 6.86. The van der Waals surface area contributed by atoms with Crippen molar-refractivity contribution < 1.29 is 4.74 Å². The fourth-order valence-corrected chi connectivity index (χ4v) is 2.32. The molecule has 1 fully saturated rings. The first-order valence-electron chi connectivity index (χ1n) is 7.52. The smallest absolute Gasteiger partial charge is 0.0547 e. The Balaban J connectivity index is 1.94. The summed E-state index contributed by atoms with van der Waals surface area (Å²) in [5.74, 6) is 1.16. The molecule has 0 spiro atoms. The van der Waals surface area contributed by atoms with Gasteiger partial charge in [-0.15, -0.1) is 0 Å². The zero-order valence-corrected chi connectivity index (χ0v) is 13.5. The van der Waals surface area contributed by atoms with Crippen LogP contribution in [0.3, 0.4) is 0 Å². The molecule has 0 radical (unpaired) electrons. The van der Waals surface area contributed by atoms with E-state index >= 15 is 0 Å². The fraction of sp³-hybridized carbons (Fsp3) is 0.647. The van der Waals surface area contributed by atoms with Crippen LogP contribution in [0.1, 0.15) is 45.1 Å². The molecule has 1 aliphatic rings. The molecular formula is C17H26ClNO. The molecule has 20 heavy (non-hydrogen) atoms. The van der Waals surface area contributed by atoms with Crippen molar-refractivity contribution in [2.24, 2.45) is 5.92 Å². The van der Waals surface area contributed by atoms with Crippen molar-refractivity contribution in [3.63, 3.8) is 0 Å². The van der Waals surface area contributed by atoms with E-state index in [1.807, 2.05) is 12.1 Å². The molecule has 1 aliphatic carbocycles. The lowest BCUT2D eigenvalue weighted by Crippen LogP contribution is -2.39. The van der Waals surface area contributed by atoms with Crippen molar-refractivity contribution in [2.75, 3.05) is 19.8 Å². The topological polar surface area (TPSA) is 21.3 Å². The maximum absolute atomic E-state index is 6.11. The molecule has 3 heteroatoms. The zero-order chi connectivity index (χ0) is 14.6. The standard InChI is InChI=1S/C17H26ClNO/c1-17(2,3)19-10-15(12-20-11-13-7-8-13)14-5-4-6-16(18)9-14/h4-6,9,13,15,19H,7-8,10-12H2,1-3H3. The Morgan fingerprint density at radius 1 is 1.35 bits per heavy atom. The van der Waals surface area contributed by atoms with Gasteiger partial charge >= 0.3 is 0 Å². The lowest BCUT2D eigenvalue weighted by Gasteiger charge is -2.25. The van der Waals surface area contributed by atoms with Gasteiger partial charge in [-0.3, -0.25) is 0 Å². The predicted molar refractivity (Wildman–Crippen MR) is 85.5 cm³/mol. The van der Waals surface area contributed by atoms with Crippen LogP contribution in [0.5, 0.6) is 0 Å². The maximum Gasteiger partial charge on any atom is 0.0547 e. The van der Waals surface area contributed by atoms with Crippen LogP contribution in [0, 0.1) is 5.92 Å². The summed E-state index contributed by atoms with van der Waals surface area (Å²) in [7, 11) is 0. The Labute approximate surface area is 127 Å². The van der Waals surface area contributed by atoms with E-state index in [-0.39, 0.29) is 5.54 Å². The summed E-state index contributed by atoms with van der Waals surface area (Å²) >= 11 is 6.11. The molecule has 0 saturated heterocycles. The second kappa shape index (κ2) is 6.93. The summed E-state index contributed by atoms with van der Waals surface area (Å²) in [5, 5.41) is 4.37. The molecule has 1 atom stereocenters. The Hall–Kier alpha value is -0.570. The van der Waals surface area contributed by atoms with Crippen LogP contribution < -0.4 is 5.32 Å². The molecule has 1 unspecified atom stereocenters. The highest BCUT2D eigenvalue weighted by atomic mass is 35.5. The minimum atomic E-state index is 0.118. The average Bonchev–Trinajstić information content (AvgIpc) is 3.16. The largest absolute Gasteiger partial charge is 0.380 e. The van der Waals surface area contributed by atoms with E-state index in [2.05, 4.69) is 38.2 Å². The average molecular weight is 296 g/mol. The van der Waals surface area contributed by atoms with Gasteiger partial charge in [0.05, 0.1) is 6.61 Å². The molecule has 2 nitrogen and oxygen atoms in total. The van der Waals surface area contributed by atoms with Gasteiger partial charge in [0.2, 0.25) is 0 Å². The van der Waals surface area contributed by atoms with E-state index in [1.54, 1.807) is 0 Å². The van der Waals surface area contributed by atoms with E-state index in [0.29, 0.717) is 5.92 Å². The highest BCUT2D eigenvalue weighted by Crippen LogP contribution is 2.29. The number of halogens is 1. The number of hydrogen-bond acceptors (Lipinski definition) is 2. The van der Waals surface area contributed by atoms with E-state index in [0.717, 1.165) is 30.7 Å². The van der Waals surface area contributed by atoms with E-state index < -0.39 is 0 Å². The van der Waals surface area contributed by atoms with Gasteiger partial charge in [0.1, 0.15) is 0 Å². The van der Waals surface area contributed by atoms with Crippen LogP contribution in [0.2, 0.25) is 5.02 Å². The third-order valence-corrected chi connectivity index (χ3v) is 3.80. The third-order valence-electron chi connectivity index (χ3n) is 3.57. The summed E-state index contributed by atoms with van der Waals surface area (Å²) in [4.78, 5) is 0. The highest BCUT2D eigenvalue weighted by Gasteiger charge is 2.22. The van der Waals surface area contributed by atoms with Crippen LogP contribution >= 0.6 is 11.6 Å². The molecule has 1 aromatic rings. The fourth-order valence-electron chi connectivity index (χ4n) is 2.12. The molecule has 1 N–H and O–H groups in total. The van der Waals surface area contributed by atoms with Gasteiger partial charge < -0.3 is 10.1 Å². The van der Waals surface area contributed by atoms with Crippen LogP contribution in [0.15, 0.2) is 24.3 Å². The highest BCUT2D eigenvalue weighted by molar-refractivity contribution is 6.30. The van der Waals surface area contributed by atoms with E-state index in [4.69, 9.17) is 16.3 Å². The van der Waals surface area contributed by atoms with Gasteiger partial charge in [0, 0.05) is 29.6 Å². The SMILES string of the molecule is CC(C)(C)NCC(COCC1CC1)c1cccc(Cl)c1. The number of ether oxygens (including phenoxy) is 1. The van der Waals surface area contributed by atoms with Crippen LogP contribution in [-0.2, 0) is 4.74 Å². The number of benzene rings is 1. The number of nitrogens with one attached hydrogen (secondary N) is 1. The van der Waals surface area contributed by atoms with E-state index in [1.165, 1.54) is 18.4 Å². The van der Waals surface area contributed by atoms with Crippen molar-refractivity contribution in [3.8, 4) is 0 Å². The normalized spacial score (nSPS) is 17.2. The maximum atomic E-state index is 6.11. The summed E-state index contributed by atoms with van der Waals surface area (Å²) in [6.45, 7) is 9.15. The third kappa shape index (κ3) is 5.82. The molecule has 112 valence electrons. The number of hydrogen-bond donors (Lipinski definition) is 1. The first-order valence-corrected chi connectivity index (χ1v) is 7.90. The minimum Gasteiger partial charge on any atom is -0.380 e. The Bertz CT molecular complexity index is 423. The number of rotatable bonds is 7. The quantitative estimate of drug-likeness (QED) is 0.812. The van der Waals surface area contributed by atoms with Crippen molar-refractivity contribution in [3.05, 3.63) is 34.9 Å². The van der Waals surface area contributed by atoms with Gasteiger partial charge in [-0.25, -0.2) is 0 Å². The molecular weight excluding hydrogens is 270 g/mol. The molecule has 0 aromatic heterocycles.